The van der Waals surface area contributed by atoms with E-state index in [9.17, 15) is 14.7 Å². The van der Waals surface area contributed by atoms with Gasteiger partial charge in [-0.25, -0.2) is 4.98 Å². The Labute approximate surface area is 212 Å². The molecule has 1 saturated carbocycles. The summed E-state index contributed by atoms with van der Waals surface area (Å²) in [6.07, 6.45) is 2.24. The predicted molar refractivity (Wildman–Crippen MR) is 137 cm³/mol. The zero-order valence-corrected chi connectivity index (χ0v) is 23.1. The lowest BCUT2D eigenvalue weighted by Gasteiger charge is -2.53. The number of thioether (sulfide) groups is 1. The Kier molecular flexibility index (Phi) is 7.43. The first kappa shape index (κ1) is 26.0. The SMILES string of the molecule is C[C@H](C(=O)N1CCSCC1)C1CC[C@@]2(C)Cc3sc(COC(=O)C(C)(C)C)nc3[C@@H](C)[C@@H]2[C@H]1O. The van der Waals surface area contributed by atoms with E-state index in [0.717, 1.165) is 54.6 Å². The maximum atomic E-state index is 13.2. The predicted octanol–water partition coefficient (Wildman–Crippen LogP) is 4.50. The summed E-state index contributed by atoms with van der Waals surface area (Å²) in [5.74, 6) is 1.97. The molecule has 2 fully saturated rings. The van der Waals surface area contributed by atoms with Crippen LogP contribution < -0.4 is 0 Å². The number of hydrogen-bond acceptors (Lipinski definition) is 7. The summed E-state index contributed by atoms with van der Waals surface area (Å²) in [6, 6.07) is 0. The molecule has 2 heterocycles. The minimum atomic E-state index is -0.535. The van der Waals surface area contributed by atoms with E-state index in [0.29, 0.717) is 0 Å². The van der Waals surface area contributed by atoms with Crippen molar-refractivity contribution in [3.8, 4) is 0 Å². The summed E-state index contributed by atoms with van der Waals surface area (Å²) in [5.41, 5.74) is 0.493. The van der Waals surface area contributed by atoms with Gasteiger partial charge in [0, 0.05) is 41.3 Å². The van der Waals surface area contributed by atoms with E-state index in [1.807, 2.05) is 44.4 Å². The highest BCUT2D eigenvalue weighted by atomic mass is 32.2. The van der Waals surface area contributed by atoms with Crippen molar-refractivity contribution in [1.82, 2.24) is 9.88 Å². The average molecular weight is 509 g/mol. The molecule has 6 atom stereocenters. The van der Waals surface area contributed by atoms with Crippen LogP contribution in [-0.4, -0.2) is 57.6 Å². The second-order valence-corrected chi connectivity index (χ2v) is 14.2. The highest BCUT2D eigenvalue weighted by Crippen LogP contribution is 2.57. The summed E-state index contributed by atoms with van der Waals surface area (Å²) in [7, 11) is 0. The van der Waals surface area contributed by atoms with Gasteiger partial charge >= 0.3 is 5.97 Å². The number of ether oxygens (including phenoxy) is 1. The third-order valence-electron chi connectivity index (χ3n) is 8.26. The van der Waals surface area contributed by atoms with Crippen molar-refractivity contribution in [3.05, 3.63) is 15.6 Å². The lowest BCUT2D eigenvalue weighted by Crippen LogP contribution is -2.54. The average Bonchev–Trinajstić information content (AvgIpc) is 3.19. The van der Waals surface area contributed by atoms with Gasteiger partial charge in [0.05, 0.1) is 17.2 Å². The number of aromatic nitrogens is 1. The Hall–Kier alpha value is -1.12. The first-order valence-electron chi connectivity index (χ1n) is 12.6. The zero-order valence-electron chi connectivity index (χ0n) is 21.4. The van der Waals surface area contributed by atoms with Crippen molar-refractivity contribution in [2.75, 3.05) is 24.6 Å². The molecule has 0 bridgehead atoms. The molecule has 1 N–H and O–H groups in total. The number of nitrogens with zero attached hydrogens (tertiary/aromatic N) is 2. The molecule has 1 aromatic rings. The second-order valence-electron chi connectivity index (χ2n) is 11.8. The lowest BCUT2D eigenvalue weighted by atomic mass is 9.53. The minimum absolute atomic E-state index is 0.0151. The van der Waals surface area contributed by atoms with Crippen LogP contribution in [0, 0.1) is 28.6 Å². The van der Waals surface area contributed by atoms with Gasteiger partial charge < -0.3 is 14.7 Å². The monoisotopic (exact) mass is 508 g/mol. The number of carbonyl (C=O) groups excluding carboxylic acids is 2. The molecule has 1 aliphatic heterocycles. The number of hydrogen-bond donors (Lipinski definition) is 1. The first-order valence-corrected chi connectivity index (χ1v) is 14.6. The number of fused-ring (bicyclic) bond motifs is 2. The summed E-state index contributed by atoms with van der Waals surface area (Å²) in [4.78, 5) is 33.5. The number of aliphatic hydroxyl groups is 1. The summed E-state index contributed by atoms with van der Waals surface area (Å²) in [6.45, 7) is 13.9. The molecule has 8 heteroatoms. The zero-order chi connectivity index (χ0) is 24.8. The Balaban J connectivity index is 1.50. The quantitative estimate of drug-likeness (QED) is 0.604. The lowest BCUT2D eigenvalue weighted by molar-refractivity contribution is -0.154. The topological polar surface area (TPSA) is 79.7 Å². The van der Waals surface area contributed by atoms with Gasteiger partial charge in [0.25, 0.3) is 0 Å². The van der Waals surface area contributed by atoms with Crippen molar-refractivity contribution in [2.45, 2.75) is 79.4 Å². The molecule has 1 unspecified atom stereocenters. The molecule has 34 heavy (non-hydrogen) atoms. The van der Waals surface area contributed by atoms with Crippen molar-refractivity contribution < 1.29 is 19.4 Å². The van der Waals surface area contributed by atoms with E-state index in [1.54, 1.807) is 11.3 Å². The number of aliphatic hydroxyl groups excluding tert-OH is 1. The van der Waals surface area contributed by atoms with Crippen molar-refractivity contribution in [2.24, 2.45) is 28.6 Å². The van der Waals surface area contributed by atoms with Crippen molar-refractivity contribution in [3.63, 3.8) is 0 Å². The molecule has 1 saturated heterocycles. The summed E-state index contributed by atoms with van der Waals surface area (Å²) < 4.78 is 5.52. The third kappa shape index (κ3) is 4.92. The van der Waals surface area contributed by atoms with Crippen LogP contribution in [0.4, 0.5) is 0 Å². The molecule has 190 valence electrons. The van der Waals surface area contributed by atoms with Gasteiger partial charge in [0.1, 0.15) is 11.6 Å². The van der Waals surface area contributed by atoms with Crippen LogP contribution in [0.5, 0.6) is 0 Å². The summed E-state index contributed by atoms with van der Waals surface area (Å²) >= 11 is 3.55. The number of amides is 1. The largest absolute Gasteiger partial charge is 0.458 e. The molecule has 2 aliphatic carbocycles. The van der Waals surface area contributed by atoms with Gasteiger partial charge in [-0.1, -0.05) is 20.8 Å². The maximum absolute atomic E-state index is 13.2. The molecular formula is C26H40N2O4S2. The number of esters is 1. The number of carbonyl (C=O) groups is 2. The van der Waals surface area contributed by atoms with Gasteiger partial charge in [-0.3, -0.25) is 9.59 Å². The van der Waals surface area contributed by atoms with Gasteiger partial charge in [-0.2, -0.15) is 11.8 Å². The van der Waals surface area contributed by atoms with E-state index in [4.69, 9.17) is 9.72 Å². The molecule has 4 rings (SSSR count). The number of rotatable bonds is 4. The maximum Gasteiger partial charge on any atom is 0.311 e. The third-order valence-corrected chi connectivity index (χ3v) is 10.2. The Morgan fingerprint density at radius 3 is 2.62 bits per heavy atom. The van der Waals surface area contributed by atoms with Crippen LogP contribution >= 0.6 is 23.1 Å². The van der Waals surface area contributed by atoms with Crippen molar-refractivity contribution in [1.29, 1.82) is 0 Å². The van der Waals surface area contributed by atoms with E-state index >= 15 is 0 Å². The molecular weight excluding hydrogens is 468 g/mol. The van der Waals surface area contributed by atoms with E-state index in [-0.39, 0.29) is 47.6 Å². The molecule has 0 aromatic carbocycles. The van der Waals surface area contributed by atoms with Crippen LogP contribution in [-0.2, 0) is 27.4 Å². The summed E-state index contributed by atoms with van der Waals surface area (Å²) in [5, 5.41) is 12.5. The van der Waals surface area contributed by atoms with Gasteiger partial charge in [0.2, 0.25) is 5.91 Å². The smallest absolute Gasteiger partial charge is 0.311 e. The fraction of sp³-hybridized carbons (Fsp3) is 0.808. The standard InChI is InChI=1S/C26H40N2O4S2/c1-15(23(30)28-9-11-33-12-10-28)17-7-8-26(6)13-18-21(16(2)20(26)22(17)29)27-19(34-18)14-32-24(31)25(3,4)5/h15-17,20,22,29H,7-14H2,1-6H3/t15-,16-,17?,20+,22-,26-/m0/s1. The molecule has 0 radical (unpaired) electrons. The normalized spacial score (nSPS) is 32.5. The van der Waals surface area contributed by atoms with Crippen LogP contribution in [0.3, 0.4) is 0 Å². The highest BCUT2D eigenvalue weighted by molar-refractivity contribution is 7.99. The molecule has 3 aliphatic rings. The van der Waals surface area contributed by atoms with Gasteiger partial charge in [-0.05, 0) is 57.3 Å². The fourth-order valence-electron chi connectivity index (χ4n) is 6.26. The minimum Gasteiger partial charge on any atom is -0.458 e. The van der Waals surface area contributed by atoms with Gasteiger partial charge in [-0.15, -0.1) is 11.3 Å². The highest BCUT2D eigenvalue weighted by Gasteiger charge is 2.54. The number of thiazole rings is 1. The van der Waals surface area contributed by atoms with Crippen LogP contribution in [0.15, 0.2) is 0 Å². The molecule has 6 nitrogen and oxygen atoms in total. The van der Waals surface area contributed by atoms with E-state index in [1.165, 1.54) is 4.88 Å². The fourth-order valence-corrected chi connectivity index (χ4v) is 8.44. The second kappa shape index (κ2) is 9.74. The Bertz CT molecular complexity index is 920. The van der Waals surface area contributed by atoms with E-state index < -0.39 is 11.5 Å². The molecule has 0 spiro atoms. The molecule has 1 amide bonds. The molecule has 1 aromatic heterocycles. The van der Waals surface area contributed by atoms with Crippen LogP contribution in [0.1, 0.15) is 75.9 Å². The van der Waals surface area contributed by atoms with Crippen molar-refractivity contribution >= 4 is 35.0 Å². The Morgan fingerprint density at radius 2 is 1.97 bits per heavy atom. The van der Waals surface area contributed by atoms with Crippen LogP contribution in [0.2, 0.25) is 0 Å². The first-order chi connectivity index (χ1) is 15.9. The van der Waals surface area contributed by atoms with Gasteiger partial charge in [0.15, 0.2) is 0 Å². The Morgan fingerprint density at radius 1 is 1.29 bits per heavy atom. The van der Waals surface area contributed by atoms with E-state index in [2.05, 4.69) is 13.8 Å². The van der Waals surface area contributed by atoms with Crippen LogP contribution in [0.25, 0.3) is 0 Å².